The molecule has 0 unspecified atom stereocenters. The van der Waals surface area contributed by atoms with Crippen LogP contribution in [0.25, 0.3) is 0 Å². The van der Waals surface area contributed by atoms with Gasteiger partial charge in [-0.05, 0) is 40.8 Å². The van der Waals surface area contributed by atoms with E-state index in [0.29, 0.717) is 11.1 Å². The van der Waals surface area contributed by atoms with Crippen molar-refractivity contribution in [1.29, 1.82) is 0 Å². The number of hydrogen-bond donors (Lipinski definition) is 2. The molecule has 0 radical (unpaired) electrons. The average Bonchev–Trinajstić information content (AvgIpc) is 2.54. The van der Waals surface area contributed by atoms with Gasteiger partial charge in [-0.3, -0.25) is 4.79 Å². The predicted molar refractivity (Wildman–Crippen MR) is 93.6 cm³/mol. The van der Waals surface area contributed by atoms with Crippen LogP contribution in [-0.4, -0.2) is 23.2 Å². The molecule has 0 spiro atoms. The molecule has 5 nitrogen and oxygen atoms in total. The van der Waals surface area contributed by atoms with Crippen LogP contribution in [0.2, 0.25) is 0 Å². The maximum Gasteiger partial charge on any atom is 0.335 e. The summed E-state index contributed by atoms with van der Waals surface area (Å²) < 4.78 is 0. The second-order valence-electron chi connectivity index (χ2n) is 6.45. The Morgan fingerprint density at radius 2 is 1.50 bits per heavy atom. The molecule has 0 fully saturated rings. The minimum Gasteiger partial charge on any atom is -0.478 e. The summed E-state index contributed by atoms with van der Waals surface area (Å²) >= 11 is 0. The Morgan fingerprint density at radius 3 is 2.00 bits per heavy atom. The van der Waals surface area contributed by atoms with Crippen LogP contribution in [0.4, 0.5) is 0 Å². The lowest BCUT2D eigenvalue weighted by molar-refractivity contribution is 0.0696. The number of hydrazone groups is 1. The molecule has 0 heterocycles. The highest BCUT2D eigenvalue weighted by Crippen LogP contribution is 2.22. The monoisotopic (exact) mass is 324 g/mol. The van der Waals surface area contributed by atoms with Crippen LogP contribution < -0.4 is 5.43 Å². The van der Waals surface area contributed by atoms with Crippen molar-refractivity contribution in [3.05, 3.63) is 70.8 Å². The van der Waals surface area contributed by atoms with E-state index >= 15 is 0 Å². The van der Waals surface area contributed by atoms with Crippen molar-refractivity contribution in [2.45, 2.75) is 26.2 Å². The molecule has 0 aliphatic carbocycles. The molecule has 124 valence electrons. The second kappa shape index (κ2) is 7.08. The van der Waals surface area contributed by atoms with Gasteiger partial charge in [-0.25, -0.2) is 10.2 Å². The van der Waals surface area contributed by atoms with E-state index in [9.17, 15) is 9.59 Å². The molecule has 0 saturated heterocycles. The van der Waals surface area contributed by atoms with Gasteiger partial charge in [0.05, 0.1) is 11.8 Å². The van der Waals surface area contributed by atoms with Gasteiger partial charge in [0.15, 0.2) is 0 Å². The molecule has 2 aromatic rings. The van der Waals surface area contributed by atoms with Crippen LogP contribution in [0.1, 0.15) is 52.6 Å². The molecular weight excluding hydrogens is 304 g/mol. The Morgan fingerprint density at radius 1 is 0.958 bits per heavy atom. The fourth-order valence-corrected chi connectivity index (χ4v) is 2.06. The summed E-state index contributed by atoms with van der Waals surface area (Å²) in [7, 11) is 0. The number of hydrogen-bond acceptors (Lipinski definition) is 3. The van der Waals surface area contributed by atoms with Crippen molar-refractivity contribution in [2.24, 2.45) is 5.10 Å². The Hall–Kier alpha value is -2.95. The third-order valence-electron chi connectivity index (χ3n) is 3.55. The maximum atomic E-state index is 12.0. The quantitative estimate of drug-likeness (QED) is 0.668. The molecule has 5 heteroatoms. The van der Waals surface area contributed by atoms with E-state index in [0.717, 1.165) is 5.56 Å². The molecular formula is C19H20N2O3. The summed E-state index contributed by atoms with van der Waals surface area (Å²) in [5.74, 6) is -1.28. The zero-order chi connectivity index (χ0) is 17.7. The lowest BCUT2D eigenvalue weighted by Gasteiger charge is -2.18. The van der Waals surface area contributed by atoms with Gasteiger partial charge in [0.1, 0.15) is 0 Å². The molecule has 0 aliphatic heterocycles. The SMILES string of the molecule is CC(C)(C)c1ccc(C(=O)N/N=C/c2ccc(C(=O)O)cc2)cc1. The van der Waals surface area contributed by atoms with E-state index in [1.54, 1.807) is 24.3 Å². The first-order chi connectivity index (χ1) is 11.3. The Labute approximate surface area is 141 Å². The first kappa shape index (κ1) is 17.4. The molecule has 0 bridgehead atoms. The molecule has 1 amide bonds. The van der Waals surface area contributed by atoms with Gasteiger partial charge < -0.3 is 5.11 Å². The zero-order valence-corrected chi connectivity index (χ0v) is 13.9. The highest BCUT2D eigenvalue weighted by molar-refractivity contribution is 5.95. The molecule has 0 aliphatic rings. The van der Waals surface area contributed by atoms with Crippen LogP contribution in [-0.2, 0) is 5.41 Å². The Balaban J connectivity index is 1.98. The van der Waals surface area contributed by atoms with Crippen molar-refractivity contribution >= 4 is 18.1 Å². The summed E-state index contributed by atoms with van der Waals surface area (Å²) in [4.78, 5) is 22.8. The average molecular weight is 324 g/mol. The summed E-state index contributed by atoms with van der Waals surface area (Å²) in [6.07, 6.45) is 1.47. The number of benzene rings is 2. The standard InChI is InChI=1S/C19H20N2O3/c1-19(2,3)16-10-8-14(9-11-16)17(22)21-20-12-13-4-6-15(7-5-13)18(23)24/h4-12H,1-3H3,(H,21,22)(H,23,24)/b20-12+. The van der Waals surface area contributed by atoms with E-state index in [2.05, 4.69) is 31.3 Å². The molecule has 0 saturated carbocycles. The fourth-order valence-electron chi connectivity index (χ4n) is 2.06. The van der Waals surface area contributed by atoms with E-state index in [4.69, 9.17) is 5.11 Å². The van der Waals surface area contributed by atoms with Crippen LogP contribution in [0.15, 0.2) is 53.6 Å². The van der Waals surface area contributed by atoms with Gasteiger partial charge in [-0.1, -0.05) is 45.0 Å². The number of nitrogens with one attached hydrogen (secondary N) is 1. The predicted octanol–water partition coefficient (Wildman–Crippen LogP) is 3.45. The fraction of sp³-hybridized carbons (Fsp3) is 0.211. The van der Waals surface area contributed by atoms with Gasteiger partial charge in [-0.2, -0.15) is 5.10 Å². The summed E-state index contributed by atoms with van der Waals surface area (Å²) in [5.41, 5.74) is 5.08. The van der Waals surface area contributed by atoms with Gasteiger partial charge >= 0.3 is 5.97 Å². The van der Waals surface area contributed by atoms with Crippen LogP contribution in [0.5, 0.6) is 0 Å². The molecule has 2 rings (SSSR count). The largest absolute Gasteiger partial charge is 0.478 e. The third kappa shape index (κ3) is 4.52. The van der Waals surface area contributed by atoms with Crippen molar-refractivity contribution in [1.82, 2.24) is 5.43 Å². The van der Waals surface area contributed by atoms with Crippen molar-refractivity contribution in [3.63, 3.8) is 0 Å². The number of carbonyl (C=O) groups is 2. The summed E-state index contributed by atoms with van der Waals surface area (Å²) in [5, 5.41) is 12.7. The number of amides is 1. The number of rotatable bonds is 4. The van der Waals surface area contributed by atoms with Crippen LogP contribution in [0, 0.1) is 0 Å². The number of carboxylic acid groups (broad SMARTS) is 1. The van der Waals surface area contributed by atoms with E-state index in [-0.39, 0.29) is 16.9 Å². The first-order valence-electron chi connectivity index (χ1n) is 7.55. The topological polar surface area (TPSA) is 78.8 Å². The molecule has 2 N–H and O–H groups in total. The lowest BCUT2D eigenvalue weighted by atomic mass is 9.87. The van der Waals surface area contributed by atoms with Gasteiger partial charge in [0, 0.05) is 5.56 Å². The minimum absolute atomic E-state index is 0.0370. The van der Waals surface area contributed by atoms with E-state index < -0.39 is 5.97 Å². The Bertz CT molecular complexity index is 755. The number of nitrogens with zero attached hydrogens (tertiary/aromatic N) is 1. The minimum atomic E-state index is -0.981. The smallest absolute Gasteiger partial charge is 0.335 e. The van der Waals surface area contributed by atoms with Crippen LogP contribution >= 0.6 is 0 Å². The maximum absolute atomic E-state index is 12.0. The summed E-state index contributed by atoms with van der Waals surface area (Å²) in [6, 6.07) is 13.6. The van der Waals surface area contributed by atoms with Gasteiger partial charge in [-0.15, -0.1) is 0 Å². The van der Waals surface area contributed by atoms with E-state index in [1.165, 1.54) is 18.3 Å². The van der Waals surface area contributed by atoms with Gasteiger partial charge in [0.2, 0.25) is 0 Å². The lowest BCUT2D eigenvalue weighted by Crippen LogP contribution is -2.18. The highest BCUT2D eigenvalue weighted by atomic mass is 16.4. The normalized spacial score (nSPS) is 11.5. The van der Waals surface area contributed by atoms with Crippen molar-refractivity contribution in [3.8, 4) is 0 Å². The molecule has 24 heavy (non-hydrogen) atoms. The van der Waals surface area contributed by atoms with Crippen molar-refractivity contribution in [2.75, 3.05) is 0 Å². The molecule has 0 atom stereocenters. The molecule has 2 aromatic carbocycles. The second-order valence-corrected chi connectivity index (χ2v) is 6.45. The van der Waals surface area contributed by atoms with Crippen molar-refractivity contribution < 1.29 is 14.7 Å². The highest BCUT2D eigenvalue weighted by Gasteiger charge is 2.14. The Kier molecular flexibility index (Phi) is 5.14. The number of carbonyl (C=O) groups excluding carboxylic acids is 1. The first-order valence-corrected chi connectivity index (χ1v) is 7.55. The van der Waals surface area contributed by atoms with Gasteiger partial charge in [0.25, 0.3) is 5.91 Å². The number of carboxylic acids is 1. The van der Waals surface area contributed by atoms with E-state index in [1.807, 2.05) is 12.1 Å². The summed E-state index contributed by atoms with van der Waals surface area (Å²) in [6.45, 7) is 6.34. The number of aromatic carboxylic acids is 1. The van der Waals surface area contributed by atoms with Crippen LogP contribution in [0.3, 0.4) is 0 Å². The third-order valence-corrected chi connectivity index (χ3v) is 3.55. The zero-order valence-electron chi connectivity index (χ0n) is 13.9. The molecule has 0 aromatic heterocycles.